The van der Waals surface area contributed by atoms with Crippen LogP contribution in [-0.4, -0.2) is 35.4 Å². The van der Waals surface area contributed by atoms with Crippen molar-refractivity contribution in [3.05, 3.63) is 64.6 Å². The zero-order valence-corrected chi connectivity index (χ0v) is 19.5. The lowest BCUT2D eigenvalue weighted by atomic mass is 10.1. The Hall–Kier alpha value is -2.34. The van der Waals surface area contributed by atoms with E-state index in [9.17, 15) is 9.59 Å². The Balaban J connectivity index is 2.00. The van der Waals surface area contributed by atoms with Crippen molar-refractivity contribution in [2.75, 3.05) is 6.61 Å². The van der Waals surface area contributed by atoms with Crippen LogP contribution in [0.3, 0.4) is 0 Å². The molecule has 0 saturated carbocycles. The van der Waals surface area contributed by atoms with Crippen LogP contribution in [0.1, 0.15) is 45.6 Å². The molecule has 30 heavy (non-hydrogen) atoms. The maximum absolute atomic E-state index is 13.0. The third-order valence-electron chi connectivity index (χ3n) is 4.98. The van der Waals surface area contributed by atoms with Gasteiger partial charge in [-0.15, -0.1) is 0 Å². The summed E-state index contributed by atoms with van der Waals surface area (Å²) in [6.07, 6.45) is 1.75. The number of nitrogens with zero attached hydrogens (tertiary/aromatic N) is 1. The molecule has 0 unspecified atom stereocenters. The van der Waals surface area contributed by atoms with E-state index in [1.54, 1.807) is 11.8 Å². The highest BCUT2D eigenvalue weighted by atomic mass is 79.9. The number of para-hydroxylation sites is 1. The van der Waals surface area contributed by atoms with Gasteiger partial charge in [0.2, 0.25) is 11.8 Å². The van der Waals surface area contributed by atoms with Gasteiger partial charge in [-0.05, 0) is 56.5 Å². The van der Waals surface area contributed by atoms with Gasteiger partial charge in [0, 0.05) is 23.5 Å². The summed E-state index contributed by atoms with van der Waals surface area (Å²) in [5.74, 6) is 0.606. The van der Waals surface area contributed by atoms with Gasteiger partial charge in [-0.3, -0.25) is 9.59 Å². The van der Waals surface area contributed by atoms with E-state index in [1.807, 2.05) is 68.4 Å². The van der Waals surface area contributed by atoms with Crippen molar-refractivity contribution >= 4 is 27.7 Å². The Morgan fingerprint density at radius 1 is 1.07 bits per heavy atom. The van der Waals surface area contributed by atoms with Crippen molar-refractivity contribution in [1.82, 2.24) is 10.2 Å². The standard InChI is InChI=1S/C24H31BrN2O3/c1-4-18(2)26-24(29)19(3)27(17-20-12-14-21(25)15-13-20)23(28)11-8-16-30-22-9-6-5-7-10-22/h5-7,9-10,12-15,18-19H,4,8,11,16-17H2,1-3H3,(H,26,29)/t18-,19-/m0/s1. The summed E-state index contributed by atoms with van der Waals surface area (Å²) in [6.45, 7) is 6.62. The molecule has 0 aliphatic carbocycles. The lowest BCUT2D eigenvalue weighted by molar-refractivity contribution is -0.141. The number of carbonyl (C=O) groups excluding carboxylic acids is 2. The number of carbonyl (C=O) groups is 2. The summed E-state index contributed by atoms with van der Waals surface area (Å²) >= 11 is 3.43. The molecule has 5 nitrogen and oxygen atoms in total. The van der Waals surface area contributed by atoms with Crippen LogP contribution in [0, 0.1) is 0 Å². The molecule has 0 fully saturated rings. The van der Waals surface area contributed by atoms with E-state index in [0.29, 0.717) is 26.0 Å². The van der Waals surface area contributed by atoms with E-state index in [1.165, 1.54) is 0 Å². The average Bonchev–Trinajstić information content (AvgIpc) is 2.76. The molecular weight excluding hydrogens is 444 g/mol. The summed E-state index contributed by atoms with van der Waals surface area (Å²) in [7, 11) is 0. The van der Waals surface area contributed by atoms with E-state index >= 15 is 0 Å². The third-order valence-corrected chi connectivity index (χ3v) is 5.51. The van der Waals surface area contributed by atoms with Crippen molar-refractivity contribution < 1.29 is 14.3 Å². The van der Waals surface area contributed by atoms with Gasteiger partial charge < -0.3 is 15.0 Å². The zero-order valence-electron chi connectivity index (χ0n) is 17.9. The maximum Gasteiger partial charge on any atom is 0.242 e. The maximum atomic E-state index is 13.0. The van der Waals surface area contributed by atoms with Crippen LogP contribution in [0.4, 0.5) is 0 Å². The van der Waals surface area contributed by atoms with Gasteiger partial charge in [-0.25, -0.2) is 0 Å². The lowest BCUT2D eigenvalue weighted by Gasteiger charge is -2.29. The highest BCUT2D eigenvalue weighted by molar-refractivity contribution is 9.10. The first kappa shape index (κ1) is 23.9. The molecule has 6 heteroatoms. The minimum absolute atomic E-state index is 0.0543. The number of hydrogen-bond acceptors (Lipinski definition) is 3. The number of halogens is 1. The number of rotatable bonds is 11. The quantitative estimate of drug-likeness (QED) is 0.469. The Morgan fingerprint density at radius 2 is 1.73 bits per heavy atom. The van der Waals surface area contributed by atoms with Crippen molar-refractivity contribution in [2.24, 2.45) is 0 Å². The van der Waals surface area contributed by atoms with Crippen molar-refractivity contribution in [1.29, 1.82) is 0 Å². The van der Waals surface area contributed by atoms with Crippen molar-refractivity contribution in [3.63, 3.8) is 0 Å². The van der Waals surface area contributed by atoms with Gasteiger partial charge in [-0.1, -0.05) is 53.2 Å². The summed E-state index contributed by atoms with van der Waals surface area (Å²) < 4.78 is 6.66. The van der Waals surface area contributed by atoms with Crippen LogP contribution < -0.4 is 10.1 Å². The number of ether oxygens (including phenoxy) is 1. The predicted molar refractivity (Wildman–Crippen MR) is 123 cm³/mol. The molecule has 2 amide bonds. The molecular formula is C24H31BrN2O3. The third kappa shape index (κ3) is 7.82. The zero-order chi connectivity index (χ0) is 21.9. The minimum Gasteiger partial charge on any atom is -0.494 e. The number of benzene rings is 2. The molecule has 2 aromatic rings. The van der Waals surface area contributed by atoms with Crippen LogP contribution in [0.5, 0.6) is 5.75 Å². The van der Waals surface area contributed by atoms with Crippen molar-refractivity contribution in [2.45, 2.75) is 58.7 Å². The molecule has 162 valence electrons. The highest BCUT2D eigenvalue weighted by Gasteiger charge is 2.26. The van der Waals surface area contributed by atoms with Gasteiger partial charge in [0.15, 0.2) is 0 Å². The monoisotopic (exact) mass is 474 g/mol. The Kier molecular flexibility index (Phi) is 9.87. The Bertz CT molecular complexity index is 796. The summed E-state index contributed by atoms with van der Waals surface area (Å²) in [4.78, 5) is 27.3. The lowest BCUT2D eigenvalue weighted by Crippen LogP contribution is -2.49. The minimum atomic E-state index is -0.551. The van der Waals surface area contributed by atoms with E-state index in [0.717, 1.165) is 22.2 Å². The molecule has 0 bridgehead atoms. The predicted octanol–water partition coefficient (Wildman–Crippen LogP) is 4.94. The molecule has 2 atom stereocenters. The first-order valence-electron chi connectivity index (χ1n) is 10.4. The van der Waals surface area contributed by atoms with E-state index in [2.05, 4.69) is 21.2 Å². The van der Waals surface area contributed by atoms with Gasteiger partial charge in [0.05, 0.1) is 6.61 Å². The number of nitrogens with one attached hydrogen (secondary N) is 1. The summed E-state index contributed by atoms with van der Waals surface area (Å²) in [6, 6.07) is 16.9. The fourth-order valence-electron chi connectivity index (χ4n) is 2.91. The highest BCUT2D eigenvalue weighted by Crippen LogP contribution is 2.16. The van der Waals surface area contributed by atoms with Crippen LogP contribution in [0.25, 0.3) is 0 Å². The Morgan fingerprint density at radius 3 is 2.37 bits per heavy atom. The SMILES string of the molecule is CC[C@H](C)NC(=O)[C@H](C)N(Cc1ccc(Br)cc1)C(=O)CCCOc1ccccc1. The number of amides is 2. The number of hydrogen-bond donors (Lipinski definition) is 1. The van der Waals surface area contributed by atoms with Gasteiger partial charge in [0.25, 0.3) is 0 Å². The molecule has 0 heterocycles. The van der Waals surface area contributed by atoms with Crippen molar-refractivity contribution in [3.8, 4) is 5.75 Å². The fourth-order valence-corrected chi connectivity index (χ4v) is 3.17. The molecule has 0 radical (unpaired) electrons. The second kappa shape index (κ2) is 12.4. The molecule has 2 rings (SSSR count). The summed E-state index contributed by atoms with van der Waals surface area (Å²) in [5.41, 5.74) is 0.982. The van der Waals surface area contributed by atoms with Crippen LogP contribution >= 0.6 is 15.9 Å². The molecule has 0 aliphatic rings. The van der Waals surface area contributed by atoms with Gasteiger partial charge in [-0.2, -0.15) is 0 Å². The topological polar surface area (TPSA) is 58.6 Å². The normalized spacial score (nSPS) is 12.7. The molecule has 0 aliphatic heterocycles. The largest absolute Gasteiger partial charge is 0.494 e. The fraction of sp³-hybridized carbons (Fsp3) is 0.417. The molecule has 0 spiro atoms. The van der Waals surface area contributed by atoms with Crippen LogP contribution in [-0.2, 0) is 16.1 Å². The molecule has 2 aromatic carbocycles. The molecule has 0 aromatic heterocycles. The van der Waals surface area contributed by atoms with Crippen LogP contribution in [0.15, 0.2) is 59.1 Å². The van der Waals surface area contributed by atoms with E-state index in [4.69, 9.17) is 4.74 Å². The van der Waals surface area contributed by atoms with Gasteiger partial charge >= 0.3 is 0 Å². The van der Waals surface area contributed by atoms with E-state index < -0.39 is 6.04 Å². The summed E-state index contributed by atoms with van der Waals surface area (Å²) in [5, 5.41) is 2.98. The second-order valence-electron chi connectivity index (χ2n) is 7.41. The first-order valence-corrected chi connectivity index (χ1v) is 11.2. The van der Waals surface area contributed by atoms with Gasteiger partial charge in [0.1, 0.15) is 11.8 Å². The van der Waals surface area contributed by atoms with Crippen LogP contribution in [0.2, 0.25) is 0 Å². The molecule has 0 saturated heterocycles. The van der Waals surface area contributed by atoms with E-state index in [-0.39, 0.29) is 17.9 Å². The Labute approximate surface area is 187 Å². The molecule has 1 N–H and O–H groups in total. The second-order valence-corrected chi connectivity index (χ2v) is 8.32. The first-order chi connectivity index (χ1) is 14.4. The smallest absolute Gasteiger partial charge is 0.242 e. The average molecular weight is 475 g/mol.